The van der Waals surface area contributed by atoms with Gasteiger partial charge in [-0.3, -0.25) is 14.6 Å². The summed E-state index contributed by atoms with van der Waals surface area (Å²) in [6, 6.07) is 4.03. The Morgan fingerprint density at radius 1 is 1.17 bits per heavy atom. The Bertz CT molecular complexity index is 614. The molecule has 0 saturated carbocycles. The van der Waals surface area contributed by atoms with Gasteiger partial charge in [-0.05, 0) is 30.5 Å². The lowest BCUT2D eigenvalue weighted by molar-refractivity contribution is -0.131. The van der Waals surface area contributed by atoms with Crippen molar-refractivity contribution >= 4 is 17.5 Å². The van der Waals surface area contributed by atoms with Gasteiger partial charge in [-0.15, -0.1) is 0 Å². The average Bonchev–Trinajstić information content (AvgIpc) is 2.83. The lowest BCUT2D eigenvalue weighted by atomic mass is 10.0. The predicted octanol–water partition coefficient (Wildman–Crippen LogP) is 2.13. The third kappa shape index (κ3) is 3.41. The van der Waals surface area contributed by atoms with Gasteiger partial charge in [0.05, 0.1) is 6.04 Å². The number of aromatic nitrogens is 1. The molecule has 0 N–H and O–H groups in total. The Labute approximate surface area is 136 Å². The third-order valence-electron chi connectivity index (χ3n) is 4.56. The van der Waals surface area contributed by atoms with Crippen molar-refractivity contribution in [2.75, 3.05) is 13.6 Å². The van der Waals surface area contributed by atoms with Gasteiger partial charge in [-0.1, -0.05) is 12.8 Å². The van der Waals surface area contributed by atoms with Crippen molar-refractivity contribution < 1.29 is 9.59 Å². The zero-order chi connectivity index (χ0) is 16.2. The molecule has 122 valence electrons. The molecule has 1 atom stereocenters. The molecule has 2 aliphatic heterocycles. The second-order valence-electron chi connectivity index (χ2n) is 6.11. The molecule has 0 radical (unpaired) electrons. The summed E-state index contributed by atoms with van der Waals surface area (Å²) >= 11 is 0. The van der Waals surface area contributed by atoms with Crippen molar-refractivity contribution in [3.8, 4) is 0 Å². The summed E-state index contributed by atoms with van der Waals surface area (Å²) in [6.07, 6.45) is 8.54. The smallest absolute Gasteiger partial charge is 0.270 e. The average molecular weight is 314 g/mol. The molecule has 3 heterocycles. The van der Waals surface area contributed by atoms with Crippen LogP contribution in [-0.4, -0.2) is 46.0 Å². The number of nitrogens with zero attached hydrogens (tertiary/aromatic N) is 4. The largest absolute Gasteiger partial charge is 0.331 e. The summed E-state index contributed by atoms with van der Waals surface area (Å²) in [5.41, 5.74) is 1.61. The fraction of sp³-hybridized carbons (Fsp3) is 0.529. The highest BCUT2D eigenvalue weighted by atomic mass is 16.2. The highest BCUT2D eigenvalue weighted by Crippen LogP contribution is 2.30. The van der Waals surface area contributed by atoms with E-state index in [0.29, 0.717) is 18.6 Å². The molecule has 0 aliphatic carbocycles. The molecule has 2 aliphatic rings. The Balaban J connectivity index is 1.86. The van der Waals surface area contributed by atoms with Gasteiger partial charge in [0, 0.05) is 38.8 Å². The number of rotatable bonds is 2. The Morgan fingerprint density at radius 3 is 2.70 bits per heavy atom. The van der Waals surface area contributed by atoms with E-state index >= 15 is 0 Å². The van der Waals surface area contributed by atoms with Gasteiger partial charge in [0.2, 0.25) is 5.91 Å². The molecule has 0 aromatic carbocycles. The van der Waals surface area contributed by atoms with Crippen LogP contribution in [0.25, 0.3) is 0 Å². The van der Waals surface area contributed by atoms with Gasteiger partial charge in [0.15, 0.2) is 0 Å². The van der Waals surface area contributed by atoms with E-state index in [0.717, 1.165) is 37.8 Å². The maximum Gasteiger partial charge on any atom is 0.270 e. The molecule has 6 heteroatoms. The molecule has 3 rings (SSSR count). The number of carbonyl (C=O) groups is 2. The summed E-state index contributed by atoms with van der Waals surface area (Å²) in [7, 11) is 1.61. The molecule has 23 heavy (non-hydrogen) atoms. The van der Waals surface area contributed by atoms with Crippen molar-refractivity contribution in [2.45, 2.75) is 44.6 Å². The van der Waals surface area contributed by atoms with Crippen LogP contribution in [0.15, 0.2) is 29.6 Å². The fourth-order valence-electron chi connectivity index (χ4n) is 3.27. The fourth-order valence-corrected chi connectivity index (χ4v) is 3.27. The van der Waals surface area contributed by atoms with Crippen LogP contribution in [0.2, 0.25) is 0 Å². The first-order valence-corrected chi connectivity index (χ1v) is 8.22. The van der Waals surface area contributed by atoms with Crippen molar-refractivity contribution in [3.05, 3.63) is 30.1 Å². The zero-order valence-electron chi connectivity index (χ0n) is 13.4. The highest BCUT2D eigenvalue weighted by molar-refractivity contribution is 6.39. The predicted molar refractivity (Wildman–Crippen MR) is 86.6 cm³/mol. The number of likely N-dealkylation sites (tertiary alicyclic amines) is 1. The Kier molecular flexibility index (Phi) is 4.69. The quantitative estimate of drug-likeness (QED) is 0.840. The van der Waals surface area contributed by atoms with Crippen LogP contribution in [0.3, 0.4) is 0 Å². The number of amides is 2. The maximum absolute atomic E-state index is 13.0. The van der Waals surface area contributed by atoms with E-state index in [-0.39, 0.29) is 17.9 Å². The minimum atomic E-state index is -0.0388. The molecule has 1 fully saturated rings. The van der Waals surface area contributed by atoms with Crippen LogP contribution in [0.4, 0.5) is 0 Å². The second-order valence-corrected chi connectivity index (χ2v) is 6.11. The van der Waals surface area contributed by atoms with Gasteiger partial charge in [-0.25, -0.2) is 5.01 Å². The number of hydrogen-bond donors (Lipinski definition) is 0. The molecule has 0 bridgehead atoms. The van der Waals surface area contributed by atoms with Gasteiger partial charge >= 0.3 is 0 Å². The van der Waals surface area contributed by atoms with Crippen molar-refractivity contribution in [1.82, 2.24) is 14.9 Å². The first kappa shape index (κ1) is 15.6. The minimum Gasteiger partial charge on any atom is -0.331 e. The van der Waals surface area contributed by atoms with E-state index in [1.54, 1.807) is 19.4 Å². The third-order valence-corrected chi connectivity index (χ3v) is 4.56. The van der Waals surface area contributed by atoms with Crippen LogP contribution in [-0.2, 0) is 9.59 Å². The molecule has 0 unspecified atom stereocenters. The number of hydrazone groups is 1. The minimum absolute atomic E-state index is 0.0342. The molecule has 1 aromatic rings. The molecule has 2 amide bonds. The molecule has 0 spiro atoms. The maximum atomic E-state index is 13.0. The monoisotopic (exact) mass is 314 g/mol. The van der Waals surface area contributed by atoms with Crippen molar-refractivity contribution in [1.29, 1.82) is 0 Å². The van der Waals surface area contributed by atoms with Crippen molar-refractivity contribution in [3.63, 3.8) is 0 Å². The summed E-state index contributed by atoms with van der Waals surface area (Å²) < 4.78 is 0. The summed E-state index contributed by atoms with van der Waals surface area (Å²) in [6.45, 7) is 0.739. The lowest BCUT2D eigenvalue weighted by Gasteiger charge is -2.32. The molecule has 1 aromatic heterocycles. The molecular formula is C17H22N4O2. The Hall–Kier alpha value is -2.24. The topological polar surface area (TPSA) is 65.9 Å². The standard InChI is InChI=1S/C17H22N4O2/c1-20-16(22)7-6-14(19-20)17(23)21-12-4-2-3-5-15(21)13-8-10-18-11-9-13/h8-11,15H,2-7,12H2,1H3/t15-/m0/s1. The van der Waals surface area contributed by atoms with Gasteiger partial charge < -0.3 is 4.90 Å². The van der Waals surface area contributed by atoms with Gasteiger partial charge in [-0.2, -0.15) is 5.10 Å². The van der Waals surface area contributed by atoms with Crippen LogP contribution in [0.1, 0.15) is 50.1 Å². The number of carbonyl (C=O) groups excluding carboxylic acids is 2. The normalized spacial score (nSPS) is 22.6. The Morgan fingerprint density at radius 2 is 1.96 bits per heavy atom. The zero-order valence-corrected chi connectivity index (χ0v) is 13.4. The SMILES string of the molecule is CN1N=C(C(=O)N2CCCCC[C@H]2c2ccncc2)CCC1=O. The summed E-state index contributed by atoms with van der Waals surface area (Å²) in [5.74, 6) is -0.0730. The van der Waals surface area contributed by atoms with Gasteiger partial charge in [0.25, 0.3) is 5.91 Å². The van der Waals surface area contributed by atoms with Gasteiger partial charge in [0.1, 0.15) is 5.71 Å². The number of hydrogen-bond acceptors (Lipinski definition) is 4. The van der Waals surface area contributed by atoms with Crippen LogP contribution in [0, 0.1) is 0 Å². The highest BCUT2D eigenvalue weighted by Gasteiger charge is 2.31. The van der Waals surface area contributed by atoms with E-state index < -0.39 is 0 Å². The molecule has 1 saturated heterocycles. The lowest BCUT2D eigenvalue weighted by Crippen LogP contribution is -2.42. The van der Waals surface area contributed by atoms with Crippen LogP contribution < -0.4 is 0 Å². The molecular weight excluding hydrogens is 292 g/mol. The van der Waals surface area contributed by atoms with E-state index in [4.69, 9.17) is 0 Å². The van der Waals surface area contributed by atoms with Crippen LogP contribution >= 0.6 is 0 Å². The van der Waals surface area contributed by atoms with E-state index in [2.05, 4.69) is 10.1 Å². The van der Waals surface area contributed by atoms with Crippen molar-refractivity contribution in [2.24, 2.45) is 5.10 Å². The number of pyridine rings is 1. The summed E-state index contributed by atoms with van der Waals surface area (Å²) in [4.78, 5) is 30.6. The molecule has 6 nitrogen and oxygen atoms in total. The first-order valence-electron chi connectivity index (χ1n) is 8.22. The first-order chi connectivity index (χ1) is 11.2. The van der Waals surface area contributed by atoms with Crippen LogP contribution in [0.5, 0.6) is 0 Å². The summed E-state index contributed by atoms with van der Waals surface area (Å²) in [5, 5.41) is 5.48. The second kappa shape index (κ2) is 6.89. The van der Waals surface area contributed by atoms with E-state index in [1.807, 2.05) is 17.0 Å². The van der Waals surface area contributed by atoms with E-state index in [9.17, 15) is 9.59 Å². The van der Waals surface area contributed by atoms with E-state index in [1.165, 1.54) is 5.01 Å².